The molecule has 0 aliphatic rings. The zero-order valence-electron chi connectivity index (χ0n) is 11.2. The first-order valence-electron chi connectivity index (χ1n) is 6.27. The lowest BCUT2D eigenvalue weighted by Crippen LogP contribution is -2.09. The third-order valence-electron chi connectivity index (χ3n) is 3.20. The fraction of sp³-hybridized carbons (Fsp3) is 0.429. The van der Waals surface area contributed by atoms with Gasteiger partial charge < -0.3 is 5.73 Å². The molecule has 1 atom stereocenters. The van der Waals surface area contributed by atoms with Crippen LogP contribution in [-0.4, -0.2) is 21.3 Å². The Balaban J connectivity index is 2.13. The Kier molecular flexibility index (Phi) is 3.77. The number of aromatic nitrogens is 3. The summed E-state index contributed by atoms with van der Waals surface area (Å²) in [4.78, 5) is 4.30. The summed E-state index contributed by atoms with van der Waals surface area (Å²) in [5.41, 5.74) is 8.18. The van der Waals surface area contributed by atoms with Gasteiger partial charge in [0.25, 0.3) is 0 Å². The Morgan fingerprint density at radius 1 is 1.22 bits per heavy atom. The van der Waals surface area contributed by atoms with Crippen molar-refractivity contribution in [2.75, 3.05) is 6.54 Å². The van der Waals surface area contributed by atoms with Crippen LogP contribution in [0.4, 0.5) is 0 Å². The summed E-state index contributed by atoms with van der Waals surface area (Å²) in [6.07, 6.45) is 0. The fourth-order valence-electron chi connectivity index (χ4n) is 1.97. The molecule has 18 heavy (non-hydrogen) atoms. The van der Waals surface area contributed by atoms with Crippen LogP contribution in [0.15, 0.2) is 24.3 Å². The Morgan fingerprint density at radius 3 is 2.39 bits per heavy atom. The summed E-state index contributed by atoms with van der Waals surface area (Å²) >= 11 is 0. The number of hydrogen-bond acceptors (Lipinski definition) is 3. The molecule has 2 aromatic rings. The predicted octanol–water partition coefficient (Wildman–Crippen LogP) is 2.01. The number of aryl methyl sites for hydroxylation is 2. The minimum atomic E-state index is 0.411. The first-order valence-corrected chi connectivity index (χ1v) is 6.27. The third-order valence-corrected chi connectivity index (χ3v) is 3.20. The predicted molar refractivity (Wildman–Crippen MR) is 72.5 cm³/mol. The number of nitrogens with two attached hydrogens (primary N) is 1. The summed E-state index contributed by atoms with van der Waals surface area (Å²) in [5, 5.41) is 4.36. The van der Waals surface area contributed by atoms with Crippen LogP contribution in [0.3, 0.4) is 0 Å². The van der Waals surface area contributed by atoms with Crippen LogP contribution >= 0.6 is 0 Å². The van der Waals surface area contributed by atoms with Gasteiger partial charge in [-0.15, -0.1) is 0 Å². The molecular weight excluding hydrogens is 224 g/mol. The molecular formula is C14H20N4. The molecule has 0 radical (unpaired) electrons. The third kappa shape index (κ3) is 2.76. The van der Waals surface area contributed by atoms with Gasteiger partial charge in [0.15, 0.2) is 0 Å². The molecule has 1 heterocycles. The maximum atomic E-state index is 5.67. The lowest BCUT2D eigenvalue weighted by molar-refractivity contribution is 0.655. The van der Waals surface area contributed by atoms with E-state index in [1.54, 1.807) is 0 Å². The second kappa shape index (κ2) is 5.31. The second-order valence-corrected chi connectivity index (χ2v) is 4.74. The van der Waals surface area contributed by atoms with Gasteiger partial charge in [-0.1, -0.05) is 31.2 Å². The number of nitrogens with zero attached hydrogens (tertiary/aromatic N) is 3. The van der Waals surface area contributed by atoms with Crippen molar-refractivity contribution in [2.24, 2.45) is 5.73 Å². The van der Waals surface area contributed by atoms with Crippen molar-refractivity contribution < 1.29 is 0 Å². The van der Waals surface area contributed by atoms with E-state index in [1.807, 2.05) is 18.5 Å². The van der Waals surface area contributed by atoms with Gasteiger partial charge in [0, 0.05) is 0 Å². The van der Waals surface area contributed by atoms with Crippen LogP contribution in [0.25, 0.3) is 0 Å². The van der Waals surface area contributed by atoms with Gasteiger partial charge in [-0.3, -0.25) is 0 Å². The lowest BCUT2D eigenvalue weighted by atomic mass is 10.0. The van der Waals surface area contributed by atoms with E-state index in [-0.39, 0.29) is 0 Å². The zero-order chi connectivity index (χ0) is 13.1. The quantitative estimate of drug-likeness (QED) is 0.895. The molecule has 4 heteroatoms. The highest BCUT2D eigenvalue weighted by molar-refractivity contribution is 5.25. The second-order valence-electron chi connectivity index (χ2n) is 4.74. The van der Waals surface area contributed by atoms with Crippen LogP contribution in [0, 0.1) is 13.8 Å². The van der Waals surface area contributed by atoms with Gasteiger partial charge in [-0.05, 0) is 37.4 Å². The smallest absolute Gasteiger partial charge is 0.147 e. The normalized spacial score (nSPS) is 12.7. The molecule has 0 aliphatic heterocycles. The summed E-state index contributed by atoms with van der Waals surface area (Å²) in [7, 11) is 0. The molecule has 0 saturated heterocycles. The van der Waals surface area contributed by atoms with Crippen molar-refractivity contribution in [3.8, 4) is 0 Å². The summed E-state index contributed by atoms with van der Waals surface area (Å²) in [5.74, 6) is 2.18. The molecule has 0 bridgehead atoms. The largest absolute Gasteiger partial charge is 0.330 e. The van der Waals surface area contributed by atoms with Crippen molar-refractivity contribution in [2.45, 2.75) is 33.2 Å². The van der Waals surface area contributed by atoms with Crippen LogP contribution in [-0.2, 0) is 6.54 Å². The minimum absolute atomic E-state index is 0.411. The van der Waals surface area contributed by atoms with E-state index < -0.39 is 0 Å². The van der Waals surface area contributed by atoms with Crippen molar-refractivity contribution in [3.05, 3.63) is 47.0 Å². The van der Waals surface area contributed by atoms with E-state index in [4.69, 9.17) is 5.73 Å². The molecule has 0 fully saturated rings. The van der Waals surface area contributed by atoms with Crippen molar-refractivity contribution >= 4 is 0 Å². The van der Waals surface area contributed by atoms with Gasteiger partial charge in [0.1, 0.15) is 11.6 Å². The van der Waals surface area contributed by atoms with Gasteiger partial charge in [0.2, 0.25) is 0 Å². The number of benzene rings is 1. The number of hydrogen-bond donors (Lipinski definition) is 1. The Bertz CT molecular complexity index is 513. The molecule has 0 spiro atoms. The summed E-state index contributed by atoms with van der Waals surface area (Å²) < 4.78 is 1.93. The van der Waals surface area contributed by atoms with E-state index in [9.17, 15) is 0 Å². The van der Waals surface area contributed by atoms with E-state index in [0.717, 1.165) is 18.2 Å². The maximum absolute atomic E-state index is 5.67. The molecule has 0 saturated carbocycles. The van der Waals surface area contributed by atoms with Crippen LogP contribution in [0.5, 0.6) is 0 Å². The zero-order valence-corrected chi connectivity index (χ0v) is 11.2. The SMILES string of the molecule is Cc1nc(C)n(Cc2ccc(C(C)CN)cc2)n1. The Labute approximate surface area is 108 Å². The van der Waals surface area contributed by atoms with Gasteiger partial charge in [-0.25, -0.2) is 9.67 Å². The van der Waals surface area contributed by atoms with Crippen molar-refractivity contribution in [3.63, 3.8) is 0 Å². The highest BCUT2D eigenvalue weighted by Gasteiger charge is 2.05. The Hall–Kier alpha value is -1.68. The van der Waals surface area contributed by atoms with Gasteiger partial charge in [0.05, 0.1) is 6.54 Å². The van der Waals surface area contributed by atoms with E-state index in [0.29, 0.717) is 12.5 Å². The van der Waals surface area contributed by atoms with Gasteiger partial charge >= 0.3 is 0 Å². The molecule has 0 aliphatic carbocycles. The molecule has 2 N–H and O–H groups in total. The molecule has 1 aromatic carbocycles. The van der Waals surface area contributed by atoms with E-state index >= 15 is 0 Å². The highest BCUT2D eigenvalue weighted by atomic mass is 15.3. The van der Waals surface area contributed by atoms with Crippen LogP contribution < -0.4 is 5.73 Å². The summed E-state index contributed by atoms with van der Waals surface area (Å²) in [6.45, 7) is 7.48. The Morgan fingerprint density at radius 2 is 1.89 bits per heavy atom. The monoisotopic (exact) mass is 244 g/mol. The average Bonchev–Trinajstić information content (AvgIpc) is 2.68. The van der Waals surface area contributed by atoms with Gasteiger partial charge in [-0.2, -0.15) is 5.10 Å². The van der Waals surface area contributed by atoms with Crippen LogP contribution in [0.2, 0.25) is 0 Å². The molecule has 0 amide bonds. The fourth-order valence-corrected chi connectivity index (χ4v) is 1.97. The number of rotatable bonds is 4. The van der Waals surface area contributed by atoms with Crippen molar-refractivity contribution in [1.29, 1.82) is 0 Å². The summed E-state index contributed by atoms with van der Waals surface area (Å²) in [6, 6.07) is 8.56. The van der Waals surface area contributed by atoms with Crippen molar-refractivity contribution in [1.82, 2.24) is 14.8 Å². The average molecular weight is 244 g/mol. The first-order chi connectivity index (χ1) is 8.60. The van der Waals surface area contributed by atoms with Crippen LogP contribution in [0.1, 0.15) is 35.6 Å². The maximum Gasteiger partial charge on any atom is 0.147 e. The topological polar surface area (TPSA) is 56.7 Å². The molecule has 2 rings (SSSR count). The molecule has 4 nitrogen and oxygen atoms in total. The molecule has 96 valence electrons. The molecule has 1 unspecified atom stereocenters. The minimum Gasteiger partial charge on any atom is -0.330 e. The first kappa shape index (κ1) is 12.8. The molecule has 1 aromatic heterocycles. The standard InChI is InChI=1S/C14H20N4/c1-10(8-15)14-6-4-13(5-7-14)9-18-12(3)16-11(2)17-18/h4-7,10H,8-9,15H2,1-3H3. The van der Waals surface area contributed by atoms with E-state index in [2.05, 4.69) is 41.3 Å². The van der Waals surface area contributed by atoms with E-state index in [1.165, 1.54) is 11.1 Å². The lowest BCUT2D eigenvalue weighted by Gasteiger charge is -2.10. The highest BCUT2D eigenvalue weighted by Crippen LogP contribution is 2.15.